The summed E-state index contributed by atoms with van der Waals surface area (Å²) >= 11 is 6.07. The van der Waals surface area contributed by atoms with E-state index < -0.39 is 27.5 Å². The number of hydrogen-bond acceptors (Lipinski definition) is 9. The van der Waals surface area contributed by atoms with Gasteiger partial charge in [-0.15, -0.1) is 0 Å². The highest BCUT2D eigenvalue weighted by Crippen LogP contribution is 2.34. The van der Waals surface area contributed by atoms with Gasteiger partial charge in [-0.2, -0.15) is 0 Å². The van der Waals surface area contributed by atoms with Crippen LogP contribution in [-0.4, -0.2) is 47.1 Å². The van der Waals surface area contributed by atoms with Gasteiger partial charge in [-0.05, 0) is 88.9 Å². The Morgan fingerprint density at radius 2 is 1.70 bits per heavy atom. The van der Waals surface area contributed by atoms with E-state index >= 15 is 4.39 Å². The number of alkyl carbamates (subject to hydrolysis) is 1. The molecule has 242 valence electrons. The number of para-hydroxylation sites is 1. The zero-order valence-electron chi connectivity index (χ0n) is 25.5. The van der Waals surface area contributed by atoms with Crippen molar-refractivity contribution < 1.29 is 27.1 Å². The van der Waals surface area contributed by atoms with E-state index in [1.165, 1.54) is 36.8 Å². The molecular formula is C32H34ClFN6O5S. The molecule has 1 saturated carbocycles. The number of rotatable bonds is 9. The highest BCUT2D eigenvalue weighted by molar-refractivity contribution is 7.92. The number of carbonyl (C=O) groups excluding carboxylic acids is 1. The maximum absolute atomic E-state index is 15.2. The molecule has 0 bridgehead atoms. The minimum Gasteiger partial charge on any atom is -0.444 e. The fourth-order valence-electron chi connectivity index (χ4n) is 4.90. The number of aromatic nitrogens is 3. The van der Waals surface area contributed by atoms with Gasteiger partial charge in [0.15, 0.2) is 11.6 Å². The van der Waals surface area contributed by atoms with Crippen molar-refractivity contribution >= 4 is 39.2 Å². The van der Waals surface area contributed by atoms with Crippen molar-refractivity contribution in [1.82, 2.24) is 20.3 Å². The minimum absolute atomic E-state index is 0.0390. The summed E-state index contributed by atoms with van der Waals surface area (Å²) in [5.41, 5.74) is 0.591. The van der Waals surface area contributed by atoms with Crippen molar-refractivity contribution in [2.75, 3.05) is 10.0 Å². The van der Waals surface area contributed by atoms with Gasteiger partial charge in [0.25, 0.3) is 10.0 Å². The van der Waals surface area contributed by atoms with Crippen LogP contribution in [0.25, 0.3) is 11.3 Å². The predicted molar refractivity (Wildman–Crippen MR) is 173 cm³/mol. The molecule has 0 atom stereocenters. The second-order valence-electron chi connectivity index (χ2n) is 11.8. The molecule has 2 heterocycles. The molecule has 0 radical (unpaired) electrons. The average Bonchev–Trinajstić information content (AvgIpc) is 3.00. The van der Waals surface area contributed by atoms with Crippen LogP contribution in [0.1, 0.15) is 46.5 Å². The van der Waals surface area contributed by atoms with E-state index in [9.17, 15) is 13.2 Å². The number of amides is 1. The number of carbonyl (C=O) groups is 1. The van der Waals surface area contributed by atoms with Gasteiger partial charge in [0, 0.05) is 24.3 Å². The summed E-state index contributed by atoms with van der Waals surface area (Å²) in [6.07, 6.45) is 5.71. The zero-order valence-corrected chi connectivity index (χ0v) is 27.0. The summed E-state index contributed by atoms with van der Waals surface area (Å²) in [5, 5.41) is 6.58. The Bertz CT molecular complexity index is 1810. The molecule has 2 aromatic heterocycles. The van der Waals surface area contributed by atoms with E-state index in [-0.39, 0.29) is 39.3 Å². The summed E-state index contributed by atoms with van der Waals surface area (Å²) < 4.78 is 54.4. The molecule has 5 rings (SSSR count). The summed E-state index contributed by atoms with van der Waals surface area (Å²) in [7, 11) is -4.13. The second-order valence-corrected chi connectivity index (χ2v) is 13.9. The van der Waals surface area contributed by atoms with E-state index in [4.69, 9.17) is 21.1 Å². The number of anilines is 2. The number of pyridine rings is 1. The number of nitrogens with one attached hydrogen (secondary N) is 3. The van der Waals surface area contributed by atoms with Crippen LogP contribution >= 0.6 is 11.6 Å². The maximum atomic E-state index is 15.2. The van der Waals surface area contributed by atoms with Crippen molar-refractivity contribution in [3.8, 4) is 22.9 Å². The molecule has 1 aliphatic rings. The summed E-state index contributed by atoms with van der Waals surface area (Å²) in [5.74, 6) is -0.457. The van der Waals surface area contributed by atoms with Crippen LogP contribution in [0.15, 0.2) is 78.1 Å². The molecule has 3 N–H and O–H groups in total. The number of benzene rings is 2. The molecule has 11 nitrogen and oxygen atoms in total. The third kappa shape index (κ3) is 8.61. The van der Waals surface area contributed by atoms with Crippen molar-refractivity contribution in [2.24, 2.45) is 0 Å². The first kappa shape index (κ1) is 32.9. The van der Waals surface area contributed by atoms with E-state index in [1.54, 1.807) is 30.3 Å². The molecular weight excluding hydrogens is 635 g/mol. The fraction of sp³-hybridized carbons (Fsp3) is 0.312. The third-order valence-corrected chi connectivity index (χ3v) is 8.75. The smallest absolute Gasteiger partial charge is 0.407 e. The Kier molecular flexibility index (Phi) is 9.92. The topological polar surface area (TPSA) is 144 Å². The summed E-state index contributed by atoms with van der Waals surface area (Å²) in [4.78, 5) is 24.8. The first-order valence-electron chi connectivity index (χ1n) is 14.6. The van der Waals surface area contributed by atoms with Crippen molar-refractivity contribution in [2.45, 2.75) is 69.0 Å². The van der Waals surface area contributed by atoms with Gasteiger partial charge in [-0.1, -0.05) is 23.7 Å². The molecule has 1 amide bonds. The number of hydrogen-bond donors (Lipinski definition) is 3. The molecule has 0 saturated heterocycles. The fourth-order valence-corrected chi connectivity index (χ4v) is 6.23. The largest absolute Gasteiger partial charge is 0.444 e. The maximum Gasteiger partial charge on any atom is 0.407 e. The number of ether oxygens (including phenoxy) is 2. The lowest BCUT2D eigenvalue weighted by atomic mass is 9.91. The van der Waals surface area contributed by atoms with Crippen LogP contribution in [0.3, 0.4) is 0 Å². The Morgan fingerprint density at radius 3 is 2.41 bits per heavy atom. The molecule has 0 aliphatic heterocycles. The number of nitrogens with zero attached hydrogens (tertiary/aromatic N) is 3. The lowest BCUT2D eigenvalue weighted by Crippen LogP contribution is -2.42. The molecule has 1 aliphatic carbocycles. The molecule has 2 aromatic carbocycles. The molecule has 14 heteroatoms. The SMILES string of the molecule is CC(C)(C)OC(=O)NC1CCC(Nc2cc(-c3cccnc3Oc3ccc(S(=O)(=O)Nc4ccccc4Cl)cc3F)ncn2)CC1. The number of halogens is 2. The van der Waals surface area contributed by atoms with Crippen molar-refractivity contribution in [3.05, 3.63) is 84.0 Å². The lowest BCUT2D eigenvalue weighted by molar-refractivity contribution is 0.0492. The normalized spacial score (nSPS) is 16.7. The average molecular weight is 669 g/mol. The molecule has 1 fully saturated rings. The van der Waals surface area contributed by atoms with E-state index in [0.29, 0.717) is 17.1 Å². The predicted octanol–water partition coefficient (Wildman–Crippen LogP) is 7.17. The monoisotopic (exact) mass is 668 g/mol. The van der Waals surface area contributed by atoms with Crippen LogP contribution in [0.5, 0.6) is 11.6 Å². The highest BCUT2D eigenvalue weighted by Gasteiger charge is 2.25. The van der Waals surface area contributed by atoms with Crippen LogP contribution in [0.2, 0.25) is 5.02 Å². The van der Waals surface area contributed by atoms with Crippen molar-refractivity contribution in [1.29, 1.82) is 0 Å². The number of sulfonamides is 1. The van der Waals surface area contributed by atoms with Crippen LogP contribution in [0, 0.1) is 5.82 Å². The Balaban J connectivity index is 1.25. The quantitative estimate of drug-likeness (QED) is 0.169. The first-order chi connectivity index (χ1) is 21.9. The summed E-state index contributed by atoms with van der Waals surface area (Å²) in [6, 6.07) is 15.0. The highest BCUT2D eigenvalue weighted by atomic mass is 35.5. The van der Waals surface area contributed by atoms with Gasteiger partial charge < -0.3 is 20.1 Å². The Morgan fingerprint density at radius 1 is 0.957 bits per heavy atom. The van der Waals surface area contributed by atoms with Crippen LogP contribution in [0.4, 0.5) is 20.7 Å². The zero-order chi connectivity index (χ0) is 32.9. The van der Waals surface area contributed by atoms with Gasteiger partial charge in [-0.3, -0.25) is 4.72 Å². The molecule has 0 unspecified atom stereocenters. The van der Waals surface area contributed by atoms with Gasteiger partial charge in [0.2, 0.25) is 5.88 Å². The van der Waals surface area contributed by atoms with E-state index in [2.05, 4.69) is 30.3 Å². The minimum atomic E-state index is -4.13. The van der Waals surface area contributed by atoms with Crippen LogP contribution < -0.4 is 20.1 Å². The van der Waals surface area contributed by atoms with E-state index in [1.807, 2.05) is 20.8 Å². The molecule has 0 spiro atoms. The lowest BCUT2D eigenvalue weighted by Gasteiger charge is -2.30. The van der Waals surface area contributed by atoms with Gasteiger partial charge >= 0.3 is 6.09 Å². The Hall–Kier alpha value is -4.49. The van der Waals surface area contributed by atoms with E-state index in [0.717, 1.165) is 31.7 Å². The third-order valence-electron chi connectivity index (χ3n) is 7.05. The standard InChI is InChI=1S/C32H34ClFN6O5S/c1-32(2,3)45-31(41)39-21-12-10-20(11-13-21)38-29-18-27(36-19-37-29)23-7-6-16-35-30(23)44-28-15-14-22(17-25(28)34)46(42,43)40-26-9-5-4-8-24(26)33/h4-9,14-21,40H,10-13H2,1-3H3,(H,39,41)(H,36,37,38). The second kappa shape index (κ2) is 13.9. The molecule has 4 aromatic rings. The van der Waals surface area contributed by atoms with Crippen molar-refractivity contribution in [3.63, 3.8) is 0 Å². The molecule has 46 heavy (non-hydrogen) atoms. The van der Waals surface area contributed by atoms with Gasteiger partial charge in [-0.25, -0.2) is 32.6 Å². The van der Waals surface area contributed by atoms with Gasteiger partial charge in [0.1, 0.15) is 17.7 Å². The Labute approximate surface area is 272 Å². The first-order valence-corrected chi connectivity index (χ1v) is 16.5. The summed E-state index contributed by atoms with van der Waals surface area (Å²) in [6.45, 7) is 5.49. The van der Waals surface area contributed by atoms with Gasteiger partial charge in [0.05, 0.1) is 26.9 Å². The van der Waals surface area contributed by atoms with Crippen LogP contribution in [-0.2, 0) is 14.8 Å².